The zero-order valence-corrected chi connectivity index (χ0v) is 8.96. The van der Waals surface area contributed by atoms with Gasteiger partial charge in [0, 0.05) is 17.6 Å². The quantitative estimate of drug-likeness (QED) is 0.850. The minimum Gasteiger partial charge on any atom is -0.323 e. The Morgan fingerprint density at radius 2 is 2.33 bits per heavy atom. The molecule has 0 aliphatic carbocycles. The Morgan fingerprint density at radius 3 is 2.93 bits per heavy atom. The minimum atomic E-state index is -0.358. The van der Waals surface area contributed by atoms with Gasteiger partial charge in [-0.1, -0.05) is 0 Å². The highest BCUT2D eigenvalue weighted by Crippen LogP contribution is 2.25. The predicted octanol–water partition coefficient (Wildman–Crippen LogP) is 2.36. The summed E-state index contributed by atoms with van der Waals surface area (Å²) in [6.07, 6.45) is 1.55. The third-order valence-corrected chi connectivity index (χ3v) is 2.82. The van der Waals surface area contributed by atoms with Crippen molar-refractivity contribution in [2.75, 3.05) is 0 Å². The molecule has 2 aromatic rings. The Morgan fingerprint density at radius 1 is 1.53 bits per heavy atom. The lowest BCUT2D eigenvalue weighted by Gasteiger charge is -1.98. The molecule has 0 bridgehead atoms. The van der Waals surface area contributed by atoms with Crippen molar-refractivity contribution in [3.05, 3.63) is 35.2 Å². The van der Waals surface area contributed by atoms with Gasteiger partial charge in [0.25, 0.3) is 0 Å². The number of halogens is 1. The summed E-state index contributed by atoms with van der Waals surface area (Å²) in [5.74, 6) is -0.358. The molecule has 2 rings (SSSR count). The van der Waals surface area contributed by atoms with Crippen molar-refractivity contribution in [1.82, 2.24) is 9.97 Å². The molecule has 0 amide bonds. The summed E-state index contributed by atoms with van der Waals surface area (Å²) in [4.78, 5) is 8.19. The third-order valence-electron chi connectivity index (χ3n) is 1.95. The standard InChI is InChI=1S/C10H10FN3S/c1-6(12)8-5-15-10(14-8)9-7(11)3-2-4-13-9/h2-6H,12H2,1H3. The van der Waals surface area contributed by atoms with Crippen molar-refractivity contribution >= 4 is 11.3 Å². The van der Waals surface area contributed by atoms with Gasteiger partial charge in [0.05, 0.1) is 5.69 Å². The predicted molar refractivity (Wildman–Crippen MR) is 57.9 cm³/mol. The number of pyridine rings is 1. The van der Waals surface area contributed by atoms with Crippen LogP contribution in [-0.4, -0.2) is 9.97 Å². The average Bonchev–Trinajstić information content (AvgIpc) is 2.67. The van der Waals surface area contributed by atoms with E-state index in [0.717, 1.165) is 5.69 Å². The Labute approximate surface area is 90.8 Å². The molecule has 0 spiro atoms. The molecule has 3 nitrogen and oxygen atoms in total. The second-order valence-corrected chi connectivity index (χ2v) is 4.06. The van der Waals surface area contributed by atoms with Crippen molar-refractivity contribution in [2.45, 2.75) is 13.0 Å². The fraction of sp³-hybridized carbons (Fsp3) is 0.200. The van der Waals surface area contributed by atoms with Crippen LogP contribution in [0.3, 0.4) is 0 Å². The van der Waals surface area contributed by atoms with Crippen LogP contribution in [0.5, 0.6) is 0 Å². The van der Waals surface area contributed by atoms with Gasteiger partial charge in [0.15, 0.2) is 5.82 Å². The van der Waals surface area contributed by atoms with Gasteiger partial charge < -0.3 is 5.73 Å². The monoisotopic (exact) mass is 223 g/mol. The average molecular weight is 223 g/mol. The van der Waals surface area contributed by atoms with Gasteiger partial charge >= 0.3 is 0 Å². The van der Waals surface area contributed by atoms with Gasteiger partial charge in [-0.3, -0.25) is 4.98 Å². The van der Waals surface area contributed by atoms with Crippen LogP contribution in [0.2, 0.25) is 0 Å². The molecule has 78 valence electrons. The molecule has 0 aliphatic heterocycles. The number of hydrogen-bond acceptors (Lipinski definition) is 4. The van der Waals surface area contributed by atoms with Crippen LogP contribution in [0.15, 0.2) is 23.7 Å². The SMILES string of the molecule is CC(N)c1csc(-c2ncccc2F)n1. The molecule has 0 saturated heterocycles. The van der Waals surface area contributed by atoms with Gasteiger partial charge in [0.2, 0.25) is 0 Å². The summed E-state index contributed by atoms with van der Waals surface area (Å²) in [5.41, 5.74) is 6.72. The van der Waals surface area contributed by atoms with E-state index in [9.17, 15) is 4.39 Å². The Kier molecular flexibility index (Phi) is 2.75. The number of hydrogen-bond donors (Lipinski definition) is 1. The van der Waals surface area contributed by atoms with E-state index in [1.54, 1.807) is 12.3 Å². The largest absolute Gasteiger partial charge is 0.323 e. The smallest absolute Gasteiger partial charge is 0.151 e. The second kappa shape index (κ2) is 4.04. The molecule has 1 unspecified atom stereocenters. The third kappa shape index (κ3) is 2.03. The highest BCUT2D eigenvalue weighted by molar-refractivity contribution is 7.13. The molecule has 0 aliphatic rings. The Balaban J connectivity index is 2.42. The van der Waals surface area contributed by atoms with Crippen molar-refractivity contribution in [3.63, 3.8) is 0 Å². The molecule has 0 aromatic carbocycles. The maximum Gasteiger partial charge on any atom is 0.151 e. The van der Waals surface area contributed by atoms with E-state index >= 15 is 0 Å². The molecule has 2 heterocycles. The molecule has 0 fully saturated rings. The summed E-state index contributed by atoms with van der Waals surface area (Å²) in [5, 5.41) is 2.40. The van der Waals surface area contributed by atoms with Gasteiger partial charge in [-0.2, -0.15) is 0 Å². The van der Waals surface area contributed by atoms with Crippen LogP contribution in [0.4, 0.5) is 4.39 Å². The first-order chi connectivity index (χ1) is 7.18. The van der Waals surface area contributed by atoms with E-state index < -0.39 is 0 Å². The van der Waals surface area contributed by atoms with Crippen LogP contribution in [-0.2, 0) is 0 Å². The maximum absolute atomic E-state index is 13.4. The summed E-state index contributed by atoms with van der Waals surface area (Å²) < 4.78 is 13.4. The van der Waals surface area contributed by atoms with Crippen LogP contribution >= 0.6 is 11.3 Å². The molecule has 0 radical (unpaired) electrons. The van der Waals surface area contributed by atoms with Crippen molar-refractivity contribution in [3.8, 4) is 10.7 Å². The number of nitrogens with zero attached hydrogens (tertiary/aromatic N) is 2. The van der Waals surface area contributed by atoms with Crippen molar-refractivity contribution in [1.29, 1.82) is 0 Å². The first kappa shape index (κ1) is 10.2. The zero-order chi connectivity index (χ0) is 10.8. The minimum absolute atomic E-state index is 0.137. The van der Waals surface area contributed by atoms with Crippen molar-refractivity contribution in [2.24, 2.45) is 5.73 Å². The van der Waals surface area contributed by atoms with Gasteiger partial charge in [-0.15, -0.1) is 11.3 Å². The molecular weight excluding hydrogens is 213 g/mol. The zero-order valence-electron chi connectivity index (χ0n) is 8.14. The molecular formula is C10H10FN3S. The van der Waals surface area contributed by atoms with E-state index in [-0.39, 0.29) is 17.6 Å². The lowest BCUT2D eigenvalue weighted by atomic mass is 10.3. The lowest BCUT2D eigenvalue weighted by Crippen LogP contribution is -2.05. The first-order valence-corrected chi connectivity index (χ1v) is 5.38. The fourth-order valence-electron chi connectivity index (χ4n) is 1.15. The Bertz CT molecular complexity index is 467. The van der Waals surface area contributed by atoms with E-state index in [2.05, 4.69) is 9.97 Å². The lowest BCUT2D eigenvalue weighted by molar-refractivity contribution is 0.625. The van der Waals surface area contributed by atoms with Crippen LogP contribution < -0.4 is 5.73 Å². The summed E-state index contributed by atoms with van der Waals surface area (Å²) in [6, 6.07) is 2.79. The van der Waals surface area contributed by atoms with E-state index in [4.69, 9.17) is 5.73 Å². The first-order valence-electron chi connectivity index (χ1n) is 4.50. The highest BCUT2D eigenvalue weighted by atomic mass is 32.1. The van der Waals surface area contributed by atoms with Crippen LogP contribution in [0.1, 0.15) is 18.7 Å². The van der Waals surface area contributed by atoms with Gasteiger partial charge in [-0.25, -0.2) is 9.37 Å². The molecule has 15 heavy (non-hydrogen) atoms. The van der Waals surface area contributed by atoms with Gasteiger partial charge in [0.1, 0.15) is 10.7 Å². The molecule has 1 atom stereocenters. The maximum atomic E-state index is 13.4. The molecule has 0 saturated carbocycles. The summed E-state index contributed by atoms with van der Waals surface area (Å²) >= 11 is 1.35. The van der Waals surface area contributed by atoms with E-state index in [1.165, 1.54) is 17.4 Å². The Hall–Kier alpha value is -1.33. The van der Waals surface area contributed by atoms with E-state index in [0.29, 0.717) is 5.01 Å². The van der Waals surface area contributed by atoms with Crippen LogP contribution in [0, 0.1) is 5.82 Å². The normalized spacial score (nSPS) is 12.7. The summed E-state index contributed by atoms with van der Waals surface area (Å²) in [6.45, 7) is 1.84. The van der Waals surface area contributed by atoms with Crippen LogP contribution in [0.25, 0.3) is 10.7 Å². The molecule has 5 heteroatoms. The number of thiazole rings is 1. The van der Waals surface area contributed by atoms with Gasteiger partial charge in [-0.05, 0) is 19.1 Å². The molecule has 2 N–H and O–H groups in total. The van der Waals surface area contributed by atoms with E-state index in [1.807, 2.05) is 12.3 Å². The van der Waals surface area contributed by atoms with Crippen molar-refractivity contribution < 1.29 is 4.39 Å². The number of nitrogens with two attached hydrogens (primary N) is 1. The number of rotatable bonds is 2. The fourth-order valence-corrected chi connectivity index (χ4v) is 2.07. The number of aromatic nitrogens is 2. The topological polar surface area (TPSA) is 51.8 Å². The highest BCUT2D eigenvalue weighted by Gasteiger charge is 2.11. The molecule has 2 aromatic heterocycles. The summed E-state index contributed by atoms with van der Waals surface area (Å²) in [7, 11) is 0. The second-order valence-electron chi connectivity index (χ2n) is 3.20.